The molecule has 4 heterocycles. The second-order valence-corrected chi connectivity index (χ2v) is 9.00. The minimum atomic E-state index is -3.16. The molecule has 4 rings (SSSR count). The van der Waals surface area contributed by atoms with E-state index in [9.17, 15) is 18.4 Å². The summed E-state index contributed by atoms with van der Waals surface area (Å²) in [6, 6.07) is 3.72. The second-order valence-electron chi connectivity index (χ2n) is 7.53. The Morgan fingerprint density at radius 2 is 1.97 bits per heavy atom. The van der Waals surface area contributed by atoms with Gasteiger partial charge in [0.15, 0.2) is 5.82 Å². The number of carbonyl (C=O) groups is 2. The van der Waals surface area contributed by atoms with Gasteiger partial charge in [0.2, 0.25) is 0 Å². The number of alkyl halides is 2. The van der Waals surface area contributed by atoms with E-state index in [2.05, 4.69) is 35.7 Å². The molecular weight excluding hydrogens is 514 g/mol. The Morgan fingerprint density at radius 3 is 2.69 bits per heavy atom. The molecule has 1 atom stereocenters. The molecule has 0 saturated heterocycles. The minimum absolute atomic E-state index is 0.0689. The molecule has 0 aromatic carbocycles. The number of hydrogen-bond donors (Lipinski definition) is 2. The minimum Gasteiger partial charge on any atom is -0.342 e. The summed E-state index contributed by atoms with van der Waals surface area (Å²) in [4.78, 5) is 41.7. The zero-order valence-electron chi connectivity index (χ0n) is 18.9. The molecule has 0 aliphatic carbocycles. The van der Waals surface area contributed by atoms with Crippen molar-refractivity contribution >= 4 is 40.6 Å². The van der Waals surface area contributed by atoms with Crippen molar-refractivity contribution in [3.8, 4) is 5.82 Å². The number of nitrogens with zero attached hydrogens (tertiary/aromatic N) is 6. The van der Waals surface area contributed by atoms with Crippen LogP contribution in [0.25, 0.3) is 5.82 Å². The Kier molecular flexibility index (Phi) is 7.31. The van der Waals surface area contributed by atoms with Gasteiger partial charge < -0.3 is 10.6 Å². The second kappa shape index (κ2) is 10.4. The first-order chi connectivity index (χ1) is 17.2. The van der Waals surface area contributed by atoms with Gasteiger partial charge in [-0.15, -0.1) is 11.3 Å². The molecule has 4 aromatic rings. The molecule has 2 N–H and O–H groups in total. The van der Waals surface area contributed by atoms with Crippen molar-refractivity contribution < 1.29 is 18.4 Å². The lowest BCUT2D eigenvalue weighted by Gasteiger charge is -2.16. The summed E-state index contributed by atoms with van der Waals surface area (Å²) in [5, 5.41) is 9.58. The number of anilines is 1. The van der Waals surface area contributed by atoms with Crippen molar-refractivity contribution in [3.05, 3.63) is 75.5 Å². The zero-order valence-corrected chi connectivity index (χ0v) is 20.5. The van der Waals surface area contributed by atoms with Crippen LogP contribution in [0.1, 0.15) is 57.0 Å². The molecule has 4 aromatic heterocycles. The van der Waals surface area contributed by atoms with Gasteiger partial charge in [-0.1, -0.05) is 18.5 Å². The van der Waals surface area contributed by atoms with Gasteiger partial charge in [-0.2, -0.15) is 5.10 Å². The summed E-state index contributed by atoms with van der Waals surface area (Å²) in [6.45, 7) is 3.03. The fourth-order valence-corrected chi connectivity index (χ4v) is 4.14. The van der Waals surface area contributed by atoms with Crippen molar-refractivity contribution in [1.29, 1.82) is 0 Å². The summed E-state index contributed by atoms with van der Waals surface area (Å²) in [7, 11) is 0. The quantitative estimate of drug-likeness (QED) is 0.344. The lowest BCUT2D eigenvalue weighted by Crippen LogP contribution is -2.27. The topological polar surface area (TPSA) is 128 Å². The predicted molar refractivity (Wildman–Crippen MR) is 129 cm³/mol. The van der Waals surface area contributed by atoms with Gasteiger partial charge in [0, 0.05) is 36.6 Å². The van der Waals surface area contributed by atoms with Crippen LogP contribution in [0.5, 0.6) is 0 Å². The molecule has 0 aliphatic rings. The Labute approximate surface area is 212 Å². The van der Waals surface area contributed by atoms with Crippen LogP contribution < -0.4 is 10.6 Å². The van der Waals surface area contributed by atoms with Crippen LogP contribution in [0, 0.1) is 0 Å². The molecule has 2 amide bonds. The van der Waals surface area contributed by atoms with Gasteiger partial charge in [0.1, 0.15) is 27.7 Å². The smallest absolute Gasteiger partial charge is 0.274 e. The summed E-state index contributed by atoms with van der Waals surface area (Å²) in [5.74, 6) is -3.85. The Bertz CT molecular complexity index is 1400. The van der Waals surface area contributed by atoms with Gasteiger partial charge in [-0.3, -0.25) is 9.59 Å². The van der Waals surface area contributed by atoms with Gasteiger partial charge in [0.05, 0.1) is 17.3 Å². The molecule has 36 heavy (non-hydrogen) atoms. The predicted octanol–water partition coefficient (Wildman–Crippen LogP) is 4.41. The SMILES string of the molecule is CCC(F)(F)c1cc(NC(=O)c2cnc(C(C)NC(=O)c3cc(-n4cccn4)ncn3)s2)ncc1Cl. The van der Waals surface area contributed by atoms with Crippen LogP contribution in [0.15, 0.2) is 49.3 Å². The largest absolute Gasteiger partial charge is 0.342 e. The maximum Gasteiger partial charge on any atom is 0.274 e. The molecule has 0 bridgehead atoms. The highest BCUT2D eigenvalue weighted by Gasteiger charge is 2.32. The number of halogens is 3. The highest BCUT2D eigenvalue weighted by molar-refractivity contribution is 7.13. The van der Waals surface area contributed by atoms with Gasteiger partial charge in [0.25, 0.3) is 17.7 Å². The molecule has 0 radical (unpaired) electrons. The highest BCUT2D eigenvalue weighted by atomic mass is 35.5. The fraction of sp³-hybridized carbons (Fsp3) is 0.227. The number of pyridine rings is 1. The Balaban J connectivity index is 1.43. The summed E-state index contributed by atoms with van der Waals surface area (Å²) in [6.07, 6.45) is 6.47. The van der Waals surface area contributed by atoms with Crippen LogP contribution in [0.3, 0.4) is 0 Å². The lowest BCUT2D eigenvalue weighted by atomic mass is 10.1. The third-order valence-corrected chi connectivity index (χ3v) is 6.50. The van der Waals surface area contributed by atoms with Crippen molar-refractivity contribution in [2.45, 2.75) is 32.2 Å². The molecule has 0 saturated carbocycles. The van der Waals surface area contributed by atoms with Crippen LogP contribution >= 0.6 is 22.9 Å². The highest BCUT2D eigenvalue weighted by Crippen LogP contribution is 2.36. The first-order valence-corrected chi connectivity index (χ1v) is 11.8. The van der Waals surface area contributed by atoms with Crippen molar-refractivity contribution in [1.82, 2.24) is 35.0 Å². The van der Waals surface area contributed by atoms with E-state index in [1.165, 1.54) is 30.2 Å². The number of aromatic nitrogens is 6. The third-order valence-electron chi connectivity index (χ3n) is 5.02. The van der Waals surface area contributed by atoms with E-state index in [4.69, 9.17) is 11.6 Å². The standard InChI is InChI=1S/C22H19ClF2N8O2S/c1-3-22(24,25)13-7-17(26-9-14(13)23)32-20(35)16-10-27-21(36-16)12(2)31-19(34)15-8-18(29-11-28-15)33-6-4-5-30-33/h4-12H,3H2,1-2H3,(H,31,34)(H,26,32,35). The molecule has 0 fully saturated rings. The van der Waals surface area contributed by atoms with Crippen LogP contribution in [0.2, 0.25) is 5.02 Å². The fourth-order valence-electron chi connectivity index (χ4n) is 3.08. The van der Waals surface area contributed by atoms with E-state index in [1.54, 1.807) is 25.4 Å². The van der Waals surface area contributed by atoms with Gasteiger partial charge >= 0.3 is 0 Å². The maximum absolute atomic E-state index is 14.1. The first-order valence-electron chi connectivity index (χ1n) is 10.6. The Hall–Kier alpha value is -3.84. The van der Waals surface area contributed by atoms with Gasteiger partial charge in [-0.25, -0.2) is 33.4 Å². The van der Waals surface area contributed by atoms with Crippen LogP contribution in [0.4, 0.5) is 14.6 Å². The first kappa shape index (κ1) is 25.3. The average molecular weight is 533 g/mol. The summed E-state index contributed by atoms with van der Waals surface area (Å²) < 4.78 is 29.7. The van der Waals surface area contributed by atoms with Crippen molar-refractivity contribution in [2.75, 3.05) is 5.32 Å². The lowest BCUT2D eigenvalue weighted by molar-refractivity contribution is -0.00821. The normalized spacial score (nSPS) is 12.2. The monoisotopic (exact) mass is 532 g/mol. The van der Waals surface area contributed by atoms with Gasteiger partial charge in [-0.05, 0) is 19.1 Å². The number of hydrogen-bond acceptors (Lipinski definition) is 8. The van der Waals surface area contributed by atoms with Crippen LogP contribution in [-0.4, -0.2) is 41.5 Å². The van der Waals surface area contributed by atoms with Crippen molar-refractivity contribution in [3.63, 3.8) is 0 Å². The van der Waals surface area contributed by atoms with Crippen LogP contribution in [-0.2, 0) is 5.92 Å². The van der Waals surface area contributed by atoms with E-state index in [0.717, 1.165) is 23.6 Å². The number of nitrogens with one attached hydrogen (secondary N) is 2. The molecule has 186 valence electrons. The number of rotatable bonds is 8. The summed E-state index contributed by atoms with van der Waals surface area (Å²) >= 11 is 6.90. The molecule has 10 nitrogen and oxygen atoms in total. The van der Waals surface area contributed by atoms with E-state index >= 15 is 0 Å². The molecular formula is C22H19ClF2N8O2S. The zero-order chi connectivity index (χ0) is 25.9. The number of thiazole rings is 1. The maximum atomic E-state index is 14.1. The van der Waals surface area contributed by atoms with E-state index < -0.39 is 35.8 Å². The molecule has 14 heteroatoms. The molecule has 0 aliphatic heterocycles. The number of carbonyl (C=O) groups excluding carboxylic acids is 2. The Morgan fingerprint density at radius 1 is 1.17 bits per heavy atom. The average Bonchev–Trinajstić information content (AvgIpc) is 3.58. The molecule has 1 unspecified atom stereocenters. The summed E-state index contributed by atoms with van der Waals surface area (Å²) in [5.41, 5.74) is -0.288. The van der Waals surface area contributed by atoms with E-state index in [-0.39, 0.29) is 21.4 Å². The van der Waals surface area contributed by atoms with Crippen molar-refractivity contribution in [2.24, 2.45) is 0 Å². The number of amides is 2. The van der Waals surface area contributed by atoms with E-state index in [1.807, 2.05) is 0 Å². The molecule has 0 spiro atoms. The van der Waals surface area contributed by atoms with E-state index in [0.29, 0.717) is 10.8 Å². The third kappa shape index (κ3) is 5.52.